The predicted molar refractivity (Wildman–Crippen MR) is 49.6 cm³/mol. The molecule has 0 saturated heterocycles. The second-order valence-corrected chi connectivity index (χ2v) is 2.76. The van der Waals surface area contributed by atoms with Crippen molar-refractivity contribution in [3.63, 3.8) is 0 Å². The van der Waals surface area contributed by atoms with E-state index in [0.717, 1.165) is 25.3 Å². The van der Waals surface area contributed by atoms with E-state index in [1.54, 1.807) is 0 Å². The van der Waals surface area contributed by atoms with Crippen molar-refractivity contribution in [1.29, 1.82) is 0 Å². The van der Waals surface area contributed by atoms with Gasteiger partial charge in [0.2, 0.25) is 0 Å². The van der Waals surface area contributed by atoms with E-state index in [1.165, 1.54) is 6.92 Å². The Morgan fingerprint density at radius 2 is 2.31 bits per heavy atom. The van der Waals surface area contributed by atoms with E-state index in [1.807, 2.05) is 6.92 Å². The summed E-state index contributed by atoms with van der Waals surface area (Å²) in [6.07, 6.45) is 3.72. The number of Topliss-reactive ketones (excluding diaryl/α,β-unsaturated/α-hetero) is 1. The van der Waals surface area contributed by atoms with Crippen LogP contribution in [0.5, 0.6) is 0 Å². The quantitative estimate of drug-likeness (QED) is 0.341. The summed E-state index contributed by atoms with van der Waals surface area (Å²) < 4.78 is 0. The molecule has 1 atom stereocenters. The molecule has 0 aromatic rings. The Hall–Kier alpha value is -1.19. The van der Waals surface area contributed by atoms with Crippen LogP contribution in [0.4, 0.5) is 0 Å². The molecule has 0 spiro atoms. The van der Waals surface area contributed by atoms with Crippen molar-refractivity contribution in [1.82, 2.24) is 0 Å². The molecule has 74 valence electrons. The normalized spacial score (nSPS) is 12.8. The Morgan fingerprint density at radius 1 is 1.62 bits per heavy atom. The minimum atomic E-state index is -0.196. The molecule has 0 aromatic heterocycles. The second-order valence-electron chi connectivity index (χ2n) is 2.76. The van der Waals surface area contributed by atoms with Crippen LogP contribution in [0.25, 0.3) is 0 Å². The monoisotopic (exact) mass is 185 g/mol. The summed E-state index contributed by atoms with van der Waals surface area (Å²) in [4.78, 5) is 25.6. The van der Waals surface area contributed by atoms with Gasteiger partial charge in [-0.05, 0) is 6.42 Å². The van der Waals surface area contributed by atoms with Gasteiger partial charge in [0.05, 0.1) is 0 Å². The molecular weight excluding hydrogens is 170 g/mol. The highest BCUT2D eigenvalue weighted by atomic mass is 16.6. The number of nitrogens with zero attached hydrogens (tertiary/aromatic N) is 1. The molecule has 1 unspecified atom stereocenters. The first-order valence-electron chi connectivity index (χ1n) is 4.34. The van der Waals surface area contributed by atoms with Crippen molar-refractivity contribution in [3.8, 4) is 0 Å². The van der Waals surface area contributed by atoms with Gasteiger partial charge in [-0.1, -0.05) is 18.5 Å². The molecular formula is C9H15NO3. The molecule has 4 nitrogen and oxygen atoms in total. The van der Waals surface area contributed by atoms with Crippen LogP contribution in [0.1, 0.15) is 33.1 Å². The molecule has 0 fully saturated rings. The van der Waals surface area contributed by atoms with E-state index in [-0.39, 0.29) is 11.9 Å². The lowest BCUT2D eigenvalue weighted by Gasteiger charge is -2.09. The number of hydrogen-bond acceptors (Lipinski definition) is 4. The molecule has 0 aliphatic rings. The minimum absolute atomic E-state index is 0.165. The Bertz CT molecular complexity index is 189. The number of rotatable bonds is 7. The van der Waals surface area contributed by atoms with Gasteiger partial charge in [0.25, 0.3) is 0 Å². The number of oxime groups is 1. The van der Waals surface area contributed by atoms with Gasteiger partial charge in [-0.25, -0.2) is 0 Å². The molecule has 0 aromatic carbocycles. The Balaban J connectivity index is 3.79. The highest BCUT2D eigenvalue weighted by Gasteiger charge is 2.06. The Kier molecular flexibility index (Phi) is 6.78. The van der Waals surface area contributed by atoms with Crippen LogP contribution in [0, 0.1) is 0 Å². The third-order valence-electron chi connectivity index (χ3n) is 1.41. The first kappa shape index (κ1) is 11.8. The van der Waals surface area contributed by atoms with Gasteiger partial charge in [0.15, 0.2) is 5.78 Å². The molecule has 13 heavy (non-hydrogen) atoms. The van der Waals surface area contributed by atoms with Crippen molar-refractivity contribution in [2.75, 3.05) is 0 Å². The van der Waals surface area contributed by atoms with E-state index in [4.69, 9.17) is 4.84 Å². The zero-order valence-electron chi connectivity index (χ0n) is 8.03. The number of carbonyl (C=O) groups excluding carboxylic acids is 2. The zero-order valence-corrected chi connectivity index (χ0v) is 8.03. The second kappa shape index (κ2) is 7.46. The first-order valence-corrected chi connectivity index (χ1v) is 4.34. The molecule has 0 saturated carbocycles. The Labute approximate surface area is 77.9 Å². The first-order chi connectivity index (χ1) is 6.20. The van der Waals surface area contributed by atoms with E-state index >= 15 is 0 Å². The maximum Gasteiger partial charge on any atom is 0.174 e. The van der Waals surface area contributed by atoms with Gasteiger partial charge in [-0.2, -0.15) is 0 Å². The molecule has 0 radical (unpaired) electrons. The highest BCUT2D eigenvalue weighted by Crippen LogP contribution is 2.05. The van der Waals surface area contributed by atoms with Crippen LogP contribution in [-0.4, -0.2) is 24.4 Å². The fraction of sp³-hybridized carbons (Fsp3) is 0.667. The summed E-state index contributed by atoms with van der Waals surface area (Å²) >= 11 is 0. The Morgan fingerprint density at radius 3 is 2.77 bits per heavy atom. The maximum absolute atomic E-state index is 10.4. The van der Waals surface area contributed by atoms with Crippen LogP contribution in [0.3, 0.4) is 0 Å². The van der Waals surface area contributed by atoms with E-state index < -0.39 is 0 Å². The summed E-state index contributed by atoms with van der Waals surface area (Å²) in [6.45, 7) is 3.39. The maximum atomic E-state index is 10.4. The SMILES string of the molecule is CCCC(CC=O)ON=CC(C)=O. The fourth-order valence-electron chi connectivity index (χ4n) is 0.834. The van der Waals surface area contributed by atoms with Gasteiger partial charge in [0.1, 0.15) is 18.6 Å². The molecule has 0 bridgehead atoms. The number of ketones is 1. The van der Waals surface area contributed by atoms with Gasteiger partial charge in [0, 0.05) is 13.3 Å². The van der Waals surface area contributed by atoms with E-state index in [9.17, 15) is 9.59 Å². The predicted octanol–water partition coefficient (Wildman–Crippen LogP) is 1.34. The van der Waals surface area contributed by atoms with Crippen molar-refractivity contribution in [3.05, 3.63) is 0 Å². The lowest BCUT2D eigenvalue weighted by Crippen LogP contribution is -2.10. The molecule has 0 N–H and O–H groups in total. The van der Waals surface area contributed by atoms with Crippen LogP contribution < -0.4 is 0 Å². The summed E-state index contributed by atoms with van der Waals surface area (Å²) in [7, 11) is 0. The summed E-state index contributed by atoms with van der Waals surface area (Å²) in [6, 6.07) is 0. The van der Waals surface area contributed by atoms with E-state index in [0.29, 0.717) is 6.42 Å². The van der Waals surface area contributed by atoms with Crippen molar-refractivity contribution >= 4 is 18.3 Å². The average Bonchev–Trinajstić information content (AvgIpc) is 2.04. The third-order valence-corrected chi connectivity index (χ3v) is 1.41. The topological polar surface area (TPSA) is 55.7 Å². The zero-order chi connectivity index (χ0) is 10.1. The molecule has 0 aliphatic heterocycles. The van der Waals surface area contributed by atoms with E-state index in [2.05, 4.69) is 5.16 Å². The lowest BCUT2D eigenvalue weighted by atomic mass is 10.2. The number of aldehydes is 1. The summed E-state index contributed by atoms with van der Waals surface area (Å²) in [5, 5.41) is 3.48. The van der Waals surface area contributed by atoms with Crippen LogP contribution in [-0.2, 0) is 14.4 Å². The van der Waals surface area contributed by atoms with Crippen LogP contribution in [0.15, 0.2) is 5.16 Å². The number of carbonyl (C=O) groups is 2. The van der Waals surface area contributed by atoms with Gasteiger partial charge in [-0.3, -0.25) is 4.79 Å². The molecule has 0 amide bonds. The van der Waals surface area contributed by atoms with Crippen molar-refractivity contribution in [2.45, 2.75) is 39.2 Å². The lowest BCUT2D eigenvalue weighted by molar-refractivity contribution is -0.110. The van der Waals surface area contributed by atoms with Gasteiger partial charge >= 0.3 is 0 Å². The summed E-state index contributed by atoms with van der Waals surface area (Å²) in [5.74, 6) is -0.165. The minimum Gasteiger partial charge on any atom is -0.392 e. The molecule has 0 heterocycles. The largest absolute Gasteiger partial charge is 0.392 e. The molecule has 4 heteroatoms. The standard InChI is InChI=1S/C9H15NO3/c1-3-4-9(5-6-11)13-10-7-8(2)12/h6-7,9H,3-5H2,1-2H3. The van der Waals surface area contributed by atoms with Crippen molar-refractivity contribution < 1.29 is 14.4 Å². The fourth-order valence-corrected chi connectivity index (χ4v) is 0.834. The van der Waals surface area contributed by atoms with Gasteiger partial charge < -0.3 is 9.63 Å². The summed E-state index contributed by atoms with van der Waals surface area (Å²) in [5.41, 5.74) is 0. The smallest absolute Gasteiger partial charge is 0.174 e. The van der Waals surface area contributed by atoms with Crippen LogP contribution in [0.2, 0.25) is 0 Å². The molecule has 0 rings (SSSR count). The molecule has 0 aliphatic carbocycles. The van der Waals surface area contributed by atoms with Crippen LogP contribution >= 0.6 is 0 Å². The third kappa shape index (κ3) is 7.18. The van der Waals surface area contributed by atoms with Crippen molar-refractivity contribution in [2.24, 2.45) is 5.16 Å². The highest BCUT2D eigenvalue weighted by molar-refractivity contribution is 6.26. The average molecular weight is 185 g/mol. The van der Waals surface area contributed by atoms with Gasteiger partial charge in [-0.15, -0.1) is 0 Å². The number of hydrogen-bond donors (Lipinski definition) is 0.